The van der Waals surface area contributed by atoms with Crippen LogP contribution < -0.4 is 74.9 Å². The van der Waals surface area contributed by atoms with Crippen LogP contribution in [-0.4, -0.2) is 15.1 Å². The van der Waals surface area contributed by atoms with Crippen molar-refractivity contribution in [3.05, 3.63) is 77.7 Å². The maximum absolute atomic E-state index is 13.7. The first-order valence-electron chi connectivity index (χ1n) is 11.0. The molecule has 5 aromatic rings. The van der Waals surface area contributed by atoms with E-state index < -0.39 is 17.0 Å². The Morgan fingerprint density at radius 1 is 0.837 bits per heavy atom. The van der Waals surface area contributed by atoms with E-state index in [1.807, 2.05) is 0 Å². The predicted molar refractivity (Wildman–Crippen MR) is 140 cm³/mol. The van der Waals surface area contributed by atoms with Gasteiger partial charge in [-0.25, -0.2) is 0 Å². The third-order valence-electron chi connectivity index (χ3n) is 5.52. The molecule has 19 heteroatoms. The van der Waals surface area contributed by atoms with E-state index >= 15 is 0 Å². The molecular formula is C24H12ClF2N5Na2O7S2. The maximum Gasteiger partial charge on any atom is 1.00 e. The molecule has 12 nitrogen and oxygen atoms in total. The number of hydrogen-bond acceptors (Lipinski definition) is 14. The van der Waals surface area contributed by atoms with Crippen LogP contribution in [0.1, 0.15) is 0 Å². The number of anilines is 2. The van der Waals surface area contributed by atoms with Crippen molar-refractivity contribution in [1.29, 1.82) is 0 Å². The first kappa shape index (κ1) is 35.8. The number of phenolic OH excluding ortho intramolecular Hbond substituents is 1. The van der Waals surface area contributed by atoms with Crippen LogP contribution in [0.15, 0.2) is 80.7 Å². The molecule has 0 bridgehead atoms. The maximum atomic E-state index is 13.7. The van der Waals surface area contributed by atoms with Crippen LogP contribution in [0.5, 0.6) is 5.75 Å². The summed E-state index contributed by atoms with van der Waals surface area (Å²) in [5, 5.41) is 51.5. The number of halogens is 3. The Morgan fingerprint density at radius 3 is 2.26 bits per heavy atom. The van der Waals surface area contributed by atoms with Gasteiger partial charge in [-0.2, -0.15) is 27.4 Å². The molecular weight excluding hydrogens is 654 g/mol. The average Bonchev–Trinajstić information content (AvgIpc) is 2.97. The van der Waals surface area contributed by atoms with E-state index in [4.69, 9.17) is 11.6 Å². The van der Waals surface area contributed by atoms with Gasteiger partial charge in [0.2, 0.25) is 5.95 Å². The number of nitrogens with one attached hydrogen (secondary N) is 1. The van der Waals surface area contributed by atoms with Gasteiger partial charge in [0.15, 0.2) is 11.6 Å². The second kappa shape index (κ2) is 16.6. The molecule has 0 atom stereocenters. The van der Waals surface area contributed by atoms with E-state index in [2.05, 4.69) is 44.3 Å². The molecule has 1 aromatic heterocycles. The fourth-order valence-corrected chi connectivity index (χ4v) is 4.94. The first-order valence-corrected chi connectivity index (χ1v) is 12.9. The quantitative estimate of drug-likeness (QED) is 0.0392. The number of aromatic hydroxyl groups is 1. The summed E-state index contributed by atoms with van der Waals surface area (Å²) in [5.74, 6) is -1.87. The van der Waals surface area contributed by atoms with Crippen LogP contribution in [0.4, 0.5) is 31.7 Å². The molecule has 43 heavy (non-hydrogen) atoms. The van der Waals surface area contributed by atoms with Gasteiger partial charge in [-0.3, -0.25) is 10.1 Å². The second-order valence-corrected chi connectivity index (χ2v) is 9.71. The monoisotopic (exact) mass is 665 g/mol. The van der Waals surface area contributed by atoms with Gasteiger partial charge in [0.05, 0.1) is 34.7 Å². The minimum Gasteiger partial charge on any atom is -0.691 e. The molecule has 0 radical (unpaired) electrons. The molecule has 0 aliphatic heterocycles. The van der Waals surface area contributed by atoms with Gasteiger partial charge in [0.25, 0.3) is 0 Å². The zero-order valence-corrected chi connectivity index (χ0v) is 28.3. The Morgan fingerprint density at radius 2 is 1.53 bits per heavy atom. The summed E-state index contributed by atoms with van der Waals surface area (Å²) in [5.41, 5.74) is 0.664. The number of nitrogens with zero attached hydrogens (tertiary/aromatic N) is 4. The van der Waals surface area contributed by atoms with Crippen molar-refractivity contribution in [2.24, 2.45) is 10.2 Å². The van der Waals surface area contributed by atoms with Crippen molar-refractivity contribution < 1.29 is 102 Å². The molecule has 0 saturated carbocycles. The van der Waals surface area contributed by atoms with Gasteiger partial charge in [-0.05, 0) is 47.2 Å². The number of hydrogen-bond donors (Lipinski definition) is 2. The topological polar surface area (TPSA) is 166 Å². The van der Waals surface area contributed by atoms with Crippen LogP contribution in [0, 0.1) is 12.0 Å². The van der Waals surface area contributed by atoms with E-state index in [0.29, 0.717) is 49.9 Å². The number of azo groups is 1. The SMILES string of the molecule is [Na+].[Na+].[O-]OOSc1cc2cc(Nc3nc(F)nc(F)c3Cl)ccc2c(O)c1N=Nc1ccc(SOO[O-])c2ccccc12. The summed E-state index contributed by atoms with van der Waals surface area (Å²) in [6.07, 6.45) is -1.32. The Balaban J connectivity index is 0.00000253. The summed E-state index contributed by atoms with van der Waals surface area (Å²) in [6, 6.07) is 16.4. The minimum absolute atomic E-state index is 0. The molecule has 0 aliphatic rings. The molecule has 2 N–H and O–H groups in total. The molecule has 0 aliphatic carbocycles. The molecule has 4 aromatic carbocycles. The number of phenols is 1. The van der Waals surface area contributed by atoms with E-state index in [-0.39, 0.29) is 81.3 Å². The van der Waals surface area contributed by atoms with Crippen LogP contribution in [-0.2, 0) is 18.7 Å². The normalized spacial score (nSPS) is 11.1. The molecule has 0 fully saturated rings. The van der Waals surface area contributed by atoms with Crippen LogP contribution in [0.2, 0.25) is 5.02 Å². The standard InChI is InChI=1S/C24H14ClF2N5O7S2.2Na/c25-19-22(26)29-24(27)30-23(19)28-12-5-6-13-11(9-12)10-18(41-39-37-35)20(21(13)33)32-31-16-7-8-17(40-38-36-34)15-4-2-1-3-14(15)16;;/h1-10,33-35H,(H,28,29,30);;/q;2*+1/p-2. The summed E-state index contributed by atoms with van der Waals surface area (Å²) in [7, 11) is 0. The third-order valence-corrected chi connectivity index (χ3v) is 7.13. The van der Waals surface area contributed by atoms with E-state index in [9.17, 15) is 24.4 Å². The Kier molecular flexibility index (Phi) is 13.8. The molecule has 210 valence electrons. The minimum atomic E-state index is -1.32. The van der Waals surface area contributed by atoms with Crippen LogP contribution in [0.3, 0.4) is 0 Å². The van der Waals surface area contributed by atoms with E-state index in [1.54, 1.807) is 36.4 Å². The Hall–Kier alpha value is -1.71. The number of fused-ring (bicyclic) bond motifs is 2. The summed E-state index contributed by atoms with van der Waals surface area (Å²) >= 11 is 7.03. The molecule has 5 rings (SSSR count). The summed E-state index contributed by atoms with van der Waals surface area (Å²) in [6.45, 7) is 0. The van der Waals surface area contributed by atoms with Crippen molar-refractivity contribution in [2.45, 2.75) is 9.79 Å². The van der Waals surface area contributed by atoms with E-state index in [1.165, 1.54) is 24.3 Å². The van der Waals surface area contributed by atoms with Crippen molar-refractivity contribution in [3.63, 3.8) is 0 Å². The largest absolute Gasteiger partial charge is 1.00 e. The van der Waals surface area contributed by atoms with Gasteiger partial charge in [0, 0.05) is 21.4 Å². The Labute approximate surface area is 298 Å². The van der Waals surface area contributed by atoms with Crippen LogP contribution in [0.25, 0.3) is 21.5 Å². The molecule has 1 heterocycles. The molecule has 0 amide bonds. The van der Waals surface area contributed by atoms with Crippen molar-refractivity contribution >= 4 is 80.1 Å². The fourth-order valence-electron chi connectivity index (χ4n) is 3.82. The molecule has 0 unspecified atom stereocenters. The summed E-state index contributed by atoms with van der Waals surface area (Å²) < 4.78 is 36.1. The van der Waals surface area contributed by atoms with Crippen molar-refractivity contribution in [1.82, 2.24) is 9.97 Å². The van der Waals surface area contributed by atoms with Crippen molar-refractivity contribution in [3.8, 4) is 5.75 Å². The third kappa shape index (κ3) is 8.31. The number of rotatable bonds is 10. The summed E-state index contributed by atoms with van der Waals surface area (Å²) in [4.78, 5) is 7.09. The smallest absolute Gasteiger partial charge is 0.691 e. The van der Waals surface area contributed by atoms with Crippen molar-refractivity contribution in [2.75, 3.05) is 5.32 Å². The van der Waals surface area contributed by atoms with Gasteiger partial charge < -0.3 is 20.9 Å². The Bertz CT molecular complexity index is 1800. The van der Waals surface area contributed by atoms with Crippen LogP contribution >= 0.6 is 35.7 Å². The number of aromatic nitrogens is 2. The first-order chi connectivity index (χ1) is 19.9. The molecule has 0 spiro atoms. The zero-order chi connectivity index (χ0) is 28.9. The van der Waals surface area contributed by atoms with Gasteiger partial charge in [-0.15, -0.1) is 10.2 Å². The van der Waals surface area contributed by atoms with Gasteiger partial charge in [0.1, 0.15) is 10.7 Å². The predicted octanol–water partition coefficient (Wildman–Crippen LogP) is 0.0484. The average molecular weight is 666 g/mol. The van der Waals surface area contributed by atoms with Gasteiger partial charge in [-0.1, -0.05) is 35.9 Å². The molecule has 0 saturated heterocycles. The fraction of sp³-hybridized carbons (Fsp3) is 0. The van der Waals surface area contributed by atoms with Gasteiger partial charge >= 0.3 is 65.2 Å². The number of benzene rings is 4. The zero-order valence-electron chi connectivity index (χ0n) is 21.9. The van der Waals surface area contributed by atoms with E-state index in [0.717, 1.165) is 12.0 Å². The second-order valence-electron chi connectivity index (χ2n) is 7.85.